The van der Waals surface area contributed by atoms with Crippen LogP contribution < -0.4 is 11.1 Å². The van der Waals surface area contributed by atoms with Crippen LogP contribution in [0.15, 0.2) is 26.2 Å². The summed E-state index contributed by atoms with van der Waals surface area (Å²) in [6, 6.07) is 3.03. The number of likely N-dealkylation sites (tertiary alicyclic amines) is 2. The minimum Gasteiger partial charge on any atom is -0.444 e. The maximum absolute atomic E-state index is 14.5. The van der Waals surface area contributed by atoms with Gasteiger partial charge in [0.25, 0.3) is 0 Å². The van der Waals surface area contributed by atoms with Crippen molar-refractivity contribution in [2.45, 2.75) is 58.3 Å². The highest BCUT2D eigenvalue weighted by atomic mass is 79.9. The number of nitrogens with zero attached hydrogens (tertiary/aromatic N) is 4. The molecule has 33 heavy (non-hydrogen) atoms. The number of likely N-dealkylation sites (N-methyl/N-ethyl adjacent to an activating group) is 1. The van der Waals surface area contributed by atoms with Crippen LogP contribution in [0.4, 0.5) is 9.18 Å². The van der Waals surface area contributed by atoms with E-state index in [4.69, 9.17) is 4.74 Å². The molecule has 2 saturated heterocycles. The van der Waals surface area contributed by atoms with Crippen LogP contribution in [0.5, 0.6) is 0 Å². The van der Waals surface area contributed by atoms with Gasteiger partial charge in [-0.05, 0) is 69.2 Å². The van der Waals surface area contributed by atoms with Crippen LogP contribution in [0, 0.1) is 11.7 Å². The van der Waals surface area contributed by atoms with E-state index < -0.39 is 28.6 Å². The summed E-state index contributed by atoms with van der Waals surface area (Å²) >= 11 is 3.22. The van der Waals surface area contributed by atoms with Crippen molar-refractivity contribution in [1.29, 1.82) is 0 Å². The fourth-order valence-corrected chi connectivity index (χ4v) is 4.94. The van der Waals surface area contributed by atoms with Crippen molar-refractivity contribution >= 4 is 33.1 Å². The number of fused-ring (bicyclic) bond motifs is 1. The van der Waals surface area contributed by atoms with Crippen molar-refractivity contribution in [2.75, 3.05) is 26.7 Å². The number of ether oxygens (including phenoxy) is 1. The molecule has 0 radical (unpaired) electrons. The van der Waals surface area contributed by atoms with Crippen molar-refractivity contribution in [1.82, 2.24) is 18.9 Å². The van der Waals surface area contributed by atoms with E-state index in [0.717, 1.165) is 19.4 Å². The van der Waals surface area contributed by atoms with E-state index in [9.17, 15) is 18.8 Å². The monoisotopic (exact) mass is 524 g/mol. The quantitative estimate of drug-likeness (QED) is 0.574. The lowest BCUT2D eigenvalue weighted by Gasteiger charge is -2.40. The largest absolute Gasteiger partial charge is 0.444 e. The van der Waals surface area contributed by atoms with Gasteiger partial charge in [0.05, 0.1) is 15.5 Å². The second-order valence-corrected chi connectivity index (χ2v) is 11.0. The smallest absolute Gasteiger partial charge is 0.410 e. The summed E-state index contributed by atoms with van der Waals surface area (Å²) in [5, 5.41) is 0. The van der Waals surface area contributed by atoms with Gasteiger partial charge in [0, 0.05) is 44.2 Å². The minimum atomic E-state index is -0.666. The number of rotatable bonds is 4. The third-order valence-corrected chi connectivity index (χ3v) is 6.99. The molecule has 4 rings (SSSR count). The van der Waals surface area contributed by atoms with Gasteiger partial charge in [0.1, 0.15) is 11.4 Å². The van der Waals surface area contributed by atoms with E-state index in [-0.39, 0.29) is 23.0 Å². The van der Waals surface area contributed by atoms with Crippen molar-refractivity contribution in [3.05, 3.63) is 43.1 Å². The number of benzene rings is 1. The van der Waals surface area contributed by atoms with Crippen LogP contribution in [0.1, 0.15) is 33.6 Å². The molecule has 2 aromatic rings. The topological polar surface area (TPSA) is 76.8 Å². The zero-order valence-electron chi connectivity index (χ0n) is 19.4. The predicted octanol–water partition coefficient (Wildman–Crippen LogP) is 3.03. The molecule has 8 nitrogen and oxygen atoms in total. The highest BCUT2D eigenvalue weighted by Crippen LogP contribution is 2.26. The fourth-order valence-electron chi connectivity index (χ4n) is 4.61. The number of carbonyl (C=O) groups excluding carboxylic acids is 1. The Morgan fingerprint density at radius 1 is 1.12 bits per heavy atom. The molecule has 1 atom stereocenters. The summed E-state index contributed by atoms with van der Waals surface area (Å²) in [6.07, 6.45) is 1.58. The Labute approximate surface area is 200 Å². The first-order valence-corrected chi connectivity index (χ1v) is 12.0. The summed E-state index contributed by atoms with van der Waals surface area (Å²) < 4.78 is 23.0. The van der Waals surface area contributed by atoms with Crippen LogP contribution in [0.3, 0.4) is 0 Å². The molecule has 3 heterocycles. The van der Waals surface area contributed by atoms with E-state index in [2.05, 4.69) is 20.8 Å². The summed E-state index contributed by atoms with van der Waals surface area (Å²) in [7, 11) is 2.01. The first-order valence-electron chi connectivity index (χ1n) is 11.2. The molecule has 2 fully saturated rings. The molecule has 0 spiro atoms. The van der Waals surface area contributed by atoms with Crippen molar-refractivity contribution in [3.8, 4) is 0 Å². The summed E-state index contributed by atoms with van der Waals surface area (Å²) in [6.45, 7) is 7.81. The first kappa shape index (κ1) is 23.9. The Bertz CT molecular complexity index is 1200. The van der Waals surface area contributed by atoms with Gasteiger partial charge >= 0.3 is 17.2 Å². The summed E-state index contributed by atoms with van der Waals surface area (Å²) in [5.41, 5.74) is -0.948. The Balaban J connectivity index is 1.64. The minimum absolute atomic E-state index is 0.0265. The van der Waals surface area contributed by atoms with Crippen LogP contribution >= 0.6 is 15.9 Å². The number of aromatic nitrogens is 2. The zero-order chi connectivity index (χ0) is 24.1. The predicted molar refractivity (Wildman–Crippen MR) is 127 cm³/mol. The van der Waals surface area contributed by atoms with Gasteiger partial charge in [-0.2, -0.15) is 0 Å². The third-order valence-electron chi connectivity index (χ3n) is 6.39. The van der Waals surface area contributed by atoms with Gasteiger partial charge in [-0.3, -0.25) is 9.59 Å². The van der Waals surface area contributed by atoms with Gasteiger partial charge in [-0.15, -0.1) is 0 Å². The van der Waals surface area contributed by atoms with Crippen molar-refractivity contribution in [3.63, 3.8) is 0 Å². The second kappa shape index (κ2) is 8.87. The Hall–Kier alpha value is -2.20. The third kappa shape index (κ3) is 4.87. The lowest BCUT2D eigenvalue weighted by molar-refractivity contribution is -0.00331. The molecule has 1 aromatic heterocycles. The zero-order valence-corrected chi connectivity index (χ0v) is 21.0. The average molecular weight is 525 g/mol. The fraction of sp³-hybridized carbons (Fsp3) is 0.609. The molecule has 0 bridgehead atoms. The molecular weight excluding hydrogens is 495 g/mol. The highest BCUT2D eigenvalue weighted by Gasteiger charge is 2.34. The Morgan fingerprint density at radius 3 is 2.30 bits per heavy atom. The Kier molecular flexibility index (Phi) is 6.43. The molecule has 2 aliphatic heterocycles. The second-order valence-electron chi connectivity index (χ2n) is 10.1. The standard InChI is InChI=1S/C23H30BrFN4O4/c1-23(2,3)33-22(32)27-10-14(11-27)12-28-19-9-17(25)16(24)8-18(19)29(21(31)20(28)30)13-15-6-5-7-26(15)4/h8-9,14-15H,5-7,10-13H2,1-4H3/t15-/m0/s1. The molecule has 180 valence electrons. The number of hydrogen-bond donors (Lipinski definition) is 0. The Morgan fingerprint density at radius 2 is 1.73 bits per heavy atom. The van der Waals surface area contributed by atoms with Crippen LogP contribution in [0.25, 0.3) is 11.0 Å². The molecular formula is C23H30BrFN4O4. The van der Waals surface area contributed by atoms with Gasteiger partial charge in [-0.25, -0.2) is 9.18 Å². The molecule has 0 unspecified atom stereocenters. The van der Waals surface area contributed by atoms with Crippen LogP contribution in [0.2, 0.25) is 0 Å². The lowest BCUT2D eigenvalue weighted by atomic mass is 10.0. The van der Waals surface area contributed by atoms with Gasteiger partial charge in [0.2, 0.25) is 0 Å². The van der Waals surface area contributed by atoms with E-state index in [1.807, 2.05) is 7.05 Å². The van der Waals surface area contributed by atoms with Crippen LogP contribution in [-0.4, -0.2) is 63.4 Å². The van der Waals surface area contributed by atoms with Crippen LogP contribution in [-0.2, 0) is 17.8 Å². The first-order chi connectivity index (χ1) is 15.4. The summed E-state index contributed by atoms with van der Waals surface area (Å²) in [5.74, 6) is -0.524. The number of amides is 1. The molecule has 2 aliphatic rings. The molecule has 10 heteroatoms. The van der Waals surface area contributed by atoms with Gasteiger partial charge in [0.15, 0.2) is 0 Å². The number of carbonyl (C=O) groups is 1. The van der Waals surface area contributed by atoms with E-state index in [0.29, 0.717) is 30.7 Å². The lowest BCUT2D eigenvalue weighted by Crippen LogP contribution is -2.54. The molecule has 1 amide bonds. The van der Waals surface area contributed by atoms with Gasteiger partial charge in [-0.1, -0.05) is 0 Å². The highest BCUT2D eigenvalue weighted by molar-refractivity contribution is 9.10. The average Bonchev–Trinajstić information content (AvgIpc) is 3.08. The summed E-state index contributed by atoms with van der Waals surface area (Å²) in [4.78, 5) is 42.2. The normalized spacial score (nSPS) is 19.8. The molecule has 0 saturated carbocycles. The van der Waals surface area contributed by atoms with E-state index in [1.54, 1.807) is 31.7 Å². The molecule has 0 N–H and O–H groups in total. The SMILES string of the molecule is CN1CCC[C@H]1Cn1c(=O)c(=O)n(CC2CN(C(=O)OC(C)(C)C)C2)c2cc(F)c(Br)cc21. The van der Waals surface area contributed by atoms with E-state index in [1.165, 1.54) is 15.2 Å². The van der Waals surface area contributed by atoms with Crippen molar-refractivity contribution in [2.24, 2.45) is 5.92 Å². The maximum Gasteiger partial charge on any atom is 0.410 e. The van der Waals surface area contributed by atoms with Crippen molar-refractivity contribution < 1.29 is 13.9 Å². The van der Waals surface area contributed by atoms with Gasteiger partial charge < -0.3 is 23.7 Å². The molecule has 1 aromatic carbocycles. The number of halogens is 2. The molecule has 0 aliphatic carbocycles. The van der Waals surface area contributed by atoms with E-state index >= 15 is 0 Å². The number of hydrogen-bond acceptors (Lipinski definition) is 5. The maximum atomic E-state index is 14.5.